The lowest BCUT2D eigenvalue weighted by molar-refractivity contribution is -0.115. The Morgan fingerprint density at radius 1 is 0.955 bits per heavy atom. The maximum atomic E-state index is 11.9. The predicted octanol–water partition coefficient (Wildman–Crippen LogP) is 4.29. The van der Waals surface area contributed by atoms with E-state index in [4.69, 9.17) is 0 Å². The third-order valence-electron chi connectivity index (χ3n) is 4.24. The largest absolute Gasteiger partial charge is 0.504 e. The first-order valence-corrected chi connectivity index (χ1v) is 7.42. The SMILES string of the molecule is CC1=C(c2cccc(-c3cccc(O)c3O)c2)CCCC1=O. The molecule has 3 nitrogen and oxygen atoms in total. The normalized spacial score (nSPS) is 15.2. The van der Waals surface area contributed by atoms with E-state index in [0.29, 0.717) is 12.0 Å². The molecule has 0 saturated heterocycles. The Morgan fingerprint density at radius 3 is 2.50 bits per heavy atom. The van der Waals surface area contributed by atoms with Gasteiger partial charge in [-0.05, 0) is 54.2 Å². The summed E-state index contributed by atoms with van der Waals surface area (Å²) in [6, 6.07) is 12.7. The molecule has 1 aliphatic carbocycles. The van der Waals surface area contributed by atoms with E-state index in [0.717, 1.165) is 35.1 Å². The third kappa shape index (κ3) is 2.50. The summed E-state index contributed by atoms with van der Waals surface area (Å²) in [7, 11) is 0. The van der Waals surface area contributed by atoms with Crippen LogP contribution in [-0.2, 0) is 4.79 Å². The predicted molar refractivity (Wildman–Crippen MR) is 86.7 cm³/mol. The summed E-state index contributed by atoms with van der Waals surface area (Å²) in [6.07, 6.45) is 2.41. The van der Waals surface area contributed by atoms with E-state index in [1.54, 1.807) is 12.1 Å². The molecular formula is C19H18O3. The molecule has 112 valence electrons. The van der Waals surface area contributed by atoms with Crippen molar-refractivity contribution in [3.05, 3.63) is 53.6 Å². The van der Waals surface area contributed by atoms with Crippen molar-refractivity contribution in [3.8, 4) is 22.6 Å². The van der Waals surface area contributed by atoms with Gasteiger partial charge < -0.3 is 10.2 Å². The van der Waals surface area contributed by atoms with Gasteiger partial charge in [0, 0.05) is 12.0 Å². The first kappa shape index (κ1) is 14.4. The summed E-state index contributed by atoms with van der Waals surface area (Å²) in [5, 5.41) is 19.7. The Bertz CT molecular complexity index is 772. The number of rotatable bonds is 2. The molecule has 0 amide bonds. The molecule has 0 bridgehead atoms. The van der Waals surface area contributed by atoms with Gasteiger partial charge in [0.25, 0.3) is 0 Å². The number of phenols is 2. The van der Waals surface area contributed by atoms with Crippen LogP contribution in [0.5, 0.6) is 11.5 Å². The standard InChI is InChI=1S/C19H18O3/c1-12-15(7-3-9-17(12)20)13-5-2-6-14(11-13)16-8-4-10-18(21)19(16)22/h2,4-6,8,10-11,21-22H,3,7,9H2,1H3. The zero-order valence-electron chi connectivity index (χ0n) is 12.5. The molecule has 0 unspecified atom stereocenters. The average Bonchev–Trinajstić information content (AvgIpc) is 2.53. The van der Waals surface area contributed by atoms with Crippen molar-refractivity contribution in [2.45, 2.75) is 26.2 Å². The molecule has 0 atom stereocenters. The first-order chi connectivity index (χ1) is 10.6. The molecule has 22 heavy (non-hydrogen) atoms. The molecule has 0 aromatic heterocycles. The fourth-order valence-corrected chi connectivity index (χ4v) is 2.97. The molecule has 0 spiro atoms. The van der Waals surface area contributed by atoms with Gasteiger partial charge in [0.2, 0.25) is 0 Å². The number of Topliss-reactive ketones (excluding diaryl/α,β-unsaturated/α-hetero) is 1. The molecule has 0 fully saturated rings. The molecule has 0 saturated carbocycles. The average molecular weight is 294 g/mol. The van der Waals surface area contributed by atoms with Crippen LogP contribution in [-0.4, -0.2) is 16.0 Å². The second-order valence-corrected chi connectivity index (χ2v) is 5.63. The van der Waals surface area contributed by atoms with Crippen LogP contribution in [0.2, 0.25) is 0 Å². The zero-order valence-corrected chi connectivity index (χ0v) is 12.5. The third-order valence-corrected chi connectivity index (χ3v) is 4.24. The van der Waals surface area contributed by atoms with Crippen molar-refractivity contribution in [1.29, 1.82) is 0 Å². The fraction of sp³-hybridized carbons (Fsp3) is 0.211. The number of benzene rings is 2. The smallest absolute Gasteiger partial charge is 0.165 e. The monoisotopic (exact) mass is 294 g/mol. The Morgan fingerprint density at radius 2 is 1.68 bits per heavy atom. The van der Waals surface area contributed by atoms with E-state index < -0.39 is 0 Å². The van der Waals surface area contributed by atoms with Gasteiger partial charge in [-0.3, -0.25) is 4.79 Å². The maximum Gasteiger partial charge on any atom is 0.165 e. The molecule has 2 aromatic carbocycles. The topological polar surface area (TPSA) is 57.5 Å². The summed E-state index contributed by atoms with van der Waals surface area (Å²) >= 11 is 0. The summed E-state index contributed by atoms with van der Waals surface area (Å²) in [5.74, 6) is -0.0388. The van der Waals surface area contributed by atoms with Crippen LogP contribution < -0.4 is 0 Å². The van der Waals surface area contributed by atoms with Gasteiger partial charge in [-0.15, -0.1) is 0 Å². The number of carbonyl (C=O) groups is 1. The highest BCUT2D eigenvalue weighted by molar-refractivity contribution is 6.03. The number of allylic oxidation sites excluding steroid dienone is 2. The van der Waals surface area contributed by atoms with E-state index in [1.807, 2.05) is 31.2 Å². The number of hydrogen-bond donors (Lipinski definition) is 2. The van der Waals surface area contributed by atoms with Crippen LogP contribution in [0.4, 0.5) is 0 Å². The lowest BCUT2D eigenvalue weighted by Crippen LogP contribution is -2.08. The van der Waals surface area contributed by atoms with Crippen LogP contribution in [0.25, 0.3) is 16.7 Å². The molecule has 1 aliphatic rings. The first-order valence-electron chi connectivity index (χ1n) is 7.42. The number of hydrogen-bond acceptors (Lipinski definition) is 3. The number of phenolic OH excluding ortho intramolecular Hbond substituents is 2. The second-order valence-electron chi connectivity index (χ2n) is 5.63. The highest BCUT2D eigenvalue weighted by Crippen LogP contribution is 2.38. The highest BCUT2D eigenvalue weighted by Gasteiger charge is 2.18. The minimum Gasteiger partial charge on any atom is -0.504 e. The Labute approximate surface area is 129 Å². The maximum absolute atomic E-state index is 11.9. The van der Waals surface area contributed by atoms with Gasteiger partial charge in [0.1, 0.15) is 0 Å². The molecule has 2 aromatic rings. The summed E-state index contributed by atoms with van der Waals surface area (Å²) in [4.78, 5) is 11.9. The van der Waals surface area contributed by atoms with E-state index in [-0.39, 0.29) is 17.3 Å². The number of carbonyl (C=O) groups excluding carboxylic acids is 1. The fourth-order valence-electron chi connectivity index (χ4n) is 2.97. The minimum absolute atomic E-state index is 0.120. The van der Waals surface area contributed by atoms with E-state index in [2.05, 4.69) is 0 Å². The van der Waals surface area contributed by atoms with Crippen LogP contribution in [0.1, 0.15) is 31.7 Å². The Hall–Kier alpha value is -2.55. The highest BCUT2D eigenvalue weighted by atomic mass is 16.3. The van der Waals surface area contributed by atoms with Crippen LogP contribution in [0.3, 0.4) is 0 Å². The van der Waals surface area contributed by atoms with Crippen LogP contribution in [0.15, 0.2) is 48.0 Å². The zero-order chi connectivity index (χ0) is 15.7. The van der Waals surface area contributed by atoms with Crippen LogP contribution >= 0.6 is 0 Å². The van der Waals surface area contributed by atoms with E-state index in [9.17, 15) is 15.0 Å². The van der Waals surface area contributed by atoms with Gasteiger partial charge >= 0.3 is 0 Å². The molecule has 0 heterocycles. The second kappa shape index (κ2) is 5.68. The van der Waals surface area contributed by atoms with Gasteiger partial charge in [0.15, 0.2) is 17.3 Å². The summed E-state index contributed by atoms with van der Waals surface area (Å²) < 4.78 is 0. The summed E-state index contributed by atoms with van der Waals surface area (Å²) in [6.45, 7) is 1.88. The van der Waals surface area contributed by atoms with Gasteiger partial charge in [0.05, 0.1) is 0 Å². The minimum atomic E-state index is -0.133. The van der Waals surface area contributed by atoms with Gasteiger partial charge in [-0.2, -0.15) is 0 Å². The molecule has 2 N–H and O–H groups in total. The van der Waals surface area contributed by atoms with Crippen molar-refractivity contribution < 1.29 is 15.0 Å². The summed E-state index contributed by atoms with van der Waals surface area (Å²) in [5.41, 5.74) is 4.33. The molecule has 0 aliphatic heterocycles. The Balaban J connectivity index is 2.09. The van der Waals surface area contributed by atoms with Crippen molar-refractivity contribution in [1.82, 2.24) is 0 Å². The lowest BCUT2D eigenvalue weighted by atomic mass is 9.86. The van der Waals surface area contributed by atoms with Gasteiger partial charge in [-0.25, -0.2) is 0 Å². The number of para-hydroxylation sites is 1. The lowest BCUT2D eigenvalue weighted by Gasteiger charge is -2.18. The molecule has 3 heteroatoms. The van der Waals surface area contributed by atoms with E-state index in [1.165, 1.54) is 6.07 Å². The number of aromatic hydroxyl groups is 2. The molecule has 3 rings (SSSR count). The van der Waals surface area contributed by atoms with Crippen LogP contribution in [0, 0.1) is 0 Å². The van der Waals surface area contributed by atoms with Crippen molar-refractivity contribution in [2.75, 3.05) is 0 Å². The van der Waals surface area contributed by atoms with Crippen molar-refractivity contribution in [2.24, 2.45) is 0 Å². The Kier molecular flexibility index (Phi) is 3.72. The molecular weight excluding hydrogens is 276 g/mol. The van der Waals surface area contributed by atoms with E-state index >= 15 is 0 Å². The van der Waals surface area contributed by atoms with Crippen molar-refractivity contribution >= 4 is 11.4 Å². The van der Waals surface area contributed by atoms with Gasteiger partial charge in [-0.1, -0.05) is 30.3 Å². The molecule has 0 radical (unpaired) electrons. The quantitative estimate of drug-likeness (QED) is 0.812. The number of ketones is 1. The van der Waals surface area contributed by atoms with Crippen molar-refractivity contribution in [3.63, 3.8) is 0 Å².